The average molecular weight is 212 g/mol. The molecule has 0 aromatic carbocycles. The first-order chi connectivity index (χ1) is 6.68. The minimum absolute atomic E-state index is 0.139. The summed E-state index contributed by atoms with van der Waals surface area (Å²) in [4.78, 5) is 11.3. The van der Waals surface area contributed by atoms with E-state index in [9.17, 15) is 4.79 Å². The van der Waals surface area contributed by atoms with Gasteiger partial charge in [0.2, 0.25) is 0 Å². The highest BCUT2D eigenvalue weighted by atomic mass is 32.1. The fraction of sp³-hybridized carbons (Fsp3) is 0.545. The molecule has 1 aromatic rings. The van der Waals surface area contributed by atoms with Crippen LogP contribution in [-0.4, -0.2) is 18.5 Å². The Bertz CT molecular complexity index is 265. The van der Waals surface area contributed by atoms with Crippen LogP contribution in [0.15, 0.2) is 16.8 Å². The topological polar surface area (TPSA) is 26.3 Å². The molecular weight excluding hydrogens is 196 g/mol. The van der Waals surface area contributed by atoms with Crippen molar-refractivity contribution in [2.75, 3.05) is 6.61 Å². The lowest BCUT2D eigenvalue weighted by molar-refractivity contribution is -0.124. The van der Waals surface area contributed by atoms with E-state index in [4.69, 9.17) is 4.74 Å². The van der Waals surface area contributed by atoms with Crippen molar-refractivity contribution in [1.82, 2.24) is 0 Å². The van der Waals surface area contributed by atoms with Gasteiger partial charge in [-0.05, 0) is 42.7 Å². The first kappa shape index (κ1) is 11.4. The Morgan fingerprint density at radius 1 is 1.57 bits per heavy atom. The SMILES string of the molecule is CC(C)OCC(=O)CCc1ccsc1. The normalized spacial score (nSPS) is 10.8. The number of Topliss-reactive ketones (excluding diaryl/α,β-unsaturated/α-hetero) is 1. The van der Waals surface area contributed by atoms with E-state index in [-0.39, 0.29) is 18.5 Å². The van der Waals surface area contributed by atoms with E-state index >= 15 is 0 Å². The van der Waals surface area contributed by atoms with E-state index in [0.29, 0.717) is 6.42 Å². The van der Waals surface area contributed by atoms with Crippen LogP contribution in [-0.2, 0) is 16.0 Å². The third-order valence-electron chi connectivity index (χ3n) is 1.85. The lowest BCUT2D eigenvalue weighted by Crippen LogP contribution is -2.13. The van der Waals surface area contributed by atoms with Gasteiger partial charge in [0.15, 0.2) is 5.78 Å². The zero-order valence-electron chi connectivity index (χ0n) is 8.66. The Hall–Kier alpha value is -0.670. The van der Waals surface area contributed by atoms with Crippen LogP contribution in [0.2, 0.25) is 0 Å². The summed E-state index contributed by atoms with van der Waals surface area (Å²) in [7, 11) is 0. The summed E-state index contributed by atoms with van der Waals surface area (Å²) in [6, 6.07) is 2.06. The van der Waals surface area contributed by atoms with Crippen molar-refractivity contribution in [2.45, 2.75) is 32.8 Å². The maximum atomic E-state index is 11.3. The molecule has 1 rings (SSSR count). The van der Waals surface area contributed by atoms with Crippen molar-refractivity contribution in [3.05, 3.63) is 22.4 Å². The molecule has 0 amide bonds. The van der Waals surface area contributed by atoms with Crippen molar-refractivity contribution in [2.24, 2.45) is 0 Å². The molecule has 0 saturated carbocycles. The standard InChI is InChI=1S/C11H16O2S/c1-9(2)13-7-11(12)4-3-10-5-6-14-8-10/h5-6,8-9H,3-4,7H2,1-2H3. The van der Waals surface area contributed by atoms with Gasteiger partial charge in [0.25, 0.3) is 0 Å². The molecule has 2 nitrogen and oxygen atoms in total. The monoisotopic (exact) mass is 212 g/mol. The molecule has 0 N–H and O–H groups in total. The Labute approximate surface area is 88.9 Å². The zero-order chi connectivity index (χ0) is 10.4. The van der Waals surface area contributed by atoms with Gasteiger partial charge in [0.1, 0.15) is 6.61 Å². The number of carbonyl (C=O) groups is 1. The first-order valence-electron chi connectivity index (χ1n) is 4.83. The predicted molar refractivity (Wildman–Crippen MR) is 58.7 cm³/mol. The number of rotatable bonds is 6. The molecule has 0 atom stereocenters. The van der Waals surface area contributed by atoms with Crippen LogP contribution in [0.5, 0.6) is 0 Å². The Kier molecular flexibility index (Phi) is 4.84. The summed E-state index contributed by atoms with van der Waals surface area (Å²) in [6.45, 7) is 4.13. The summed E-state index contributed by atoms with van der Waals surface area (Å²) in [5.41, 5.74) is 1.24. The number of carbonyl (C=O) groups excluding carboxylic acids is 1. The van der Waals surface area contributed by atoms with Crippen LogP contribution >= 0.6 is 11.3 Å². The minimum atomic E-state index is 0.139. The first-order valence-corrected chi connectivity index (χ1v) is 5.77. The maximum Gasteiger partial charge on any atom is 0.158 e. The second-order valence-electron chi connectivity index (χ2n) is 3.53. The van der Waals surface area contributed by atoms with E-state index in [2.05, 4.69) is 11.4 Å². The van der Waals surface area contributed by atoms with Crippen molar-refractivity contribution in [3.63, 3.8) is 0 Å². The third-order valence-corrected chi connectivity index (χ3v) is 2.58. The molecule has 0 aliphatic carbocycles. The summed E-state index contributed by atoms with van der Waals surface area (Å²) < 4.78 is 5.23. The number of thiophene rings is 1. The summed E-state index contributed by atoms with van der Waals surface area (Å²) >= 11 is 1.67. The molecule has 3 heteroatoms. The largest absolute Gasteiger partial charge is 0.371 e. The molecular formula is C11H16O2S. The zero-order valence-corrected chi connectivity index (χ0v) is 9.47. The van der Waals surface area contributed by atoms with Gasteiger partial charge in [0, 0.05) is 6.42 Å². The highest BCUT2D eigenvalue weighted by molar-refractivity contribution is 7.07. The van der Waals surface area contributed by atoms with Crippen molar-refractivity contribution >= 4 is 17.1 Å². The second kappa shape index (κ2) is 5.94. The van der Waals surface area contributed by atoms with E-state index in [1.807, 2.05) is 19.2 Å². The number of aryl methyl sites for hydroxylation is 1. The van der Waals surface area contributed by atoms with Gasteiger partial charge in [-0.25, -0.2) is 0 Å². The van der Waals surface area contributed by atoms with Gasteiger partial charge in [0.05, 0.1) is 6.10 Å². The summed E-state index contributed by atoms with van der Waals surface area (Å²) in [6.07, 6.45) is 1.56. The molecule has 0 radical (unpaired) electrons. The van der Waals surface area contributed by atoms with Gasteiger partial charge in [-0.2, -0.15) is 11.3 Å². The molecule has 78 valence electrons. The smallest absolute Gasteiger partial charge is 0.158 e. The number of ketones is 1. The van der Waals surface area contributed by atoms with Gasteiger partial charge < -0.3 is 4.74 Å². The van der Waals surface area contributed by atoms with E-state index in [1.54, 1.807) is 11.3 Å². The molecule has 0 saturated heterocycles. The fourth-order valence-corrected chi connectivity index (χ4v) is 1.75. The summed E-state index contributed by atoms with van der Waals surface area (Å²) in [5, 5.41) is 4.11. The Morgan fingerprint density at radius 3 is 2.93 bits per heavy atom. The van der Waals surface area contributed by atoms with Gasteiger partial charge in [-0.15, -0.1) is 0 Å². The van der Waals surface area contributed by atoms with Gasteiger partial charge in [-0.3, -0.25) is 4.79 Å². The van der Waals surface area contributed by atoms with Gasteiger partial charge >= 0.3 is 0 Å². The lowest BCUT2D eigenvalue weighted by atomic mass is 10.1. The number of hydrogen-bond acceptors (Lipinski definition) is 3. The fourth-order valence-electron chi connectivity index (χ4n) is 1.05. The van der Waals surface area contributed by atoms with E-state index in [1.165, 1.54) is 5.56 Å². The minimum Gasteiger partial charge on any atom is -0.371 e. The van der Waals surface area contributed by atoms with Crippen molar-refractivity contribution in [3.8, 4) is 0 Å². The van der Waals surface area contributed by atoms with Crippen LogP contribution in [0, 0.1) is 0 Å². The predicted octanol–water partition coefficient (Wildman–Crippen LogP) is 2.67. The van der Waals surface area contributed by atoms with E-state index < -0.39 is 0 Å². The molecule has 1 heterocycles. The number of hydrogen-bond donors (Lipinski definition) is 0. The molecule has 0 aliphatic rings. The maximum absolute atomic E-state index is 11.3. The molecule has 0 aliphatic heterocycles. The lowest BCUT2D eigenvalue weighted by Gasteiger charge is -2.05. The highest BCUT2D eigenvalue weighted by Gasteiger charge is 2.04. The molecule has 0 bridgehead atoms. The van der Waals surface area contributed by atoms with Crippen LogP contribution in [0.3, 0.4) is 0 Å². The molecule has 14 heavy (non-hydrogen) atoms. The molecule has 0 fully saturated rings. The van der Waals surface area contributed by atoms with Crippen LogP contribution in [0.1, 0.15) is 25.8 Å². The highest BCUT2D eigenvalue weighted by Crippen LogP contribution is 2.08. The third kappa shape index (κ3) is 4.53. The summed E-state index contributed by atoms with van der Waals surface area (Å²) in [5.74, 6) is 0.185. The molecule has 0 unspecified atom stereocenters. The second-order valence-corrected chi connectivity index (χ2v) is 4.31. The van der Waals surface area contributed by atoms with Crippen molar-refractivity contribution in [1.29, 1.82) is 0 Å². The van der Waals surface area contributed by atoms with Gasteiger partial charge in [-0.1, -0.05) is 0 Å². The number of ether oxygens (including phenoxy) is 1. The Balaban J connectivity index is 2.15. The van der Waals surface area contributed by atoms with E-state index in [0.717, 1.165) is 6.42 Å². The molecule has 1 aromatic heterocycles. The Morgan fingerprint density at radius 2 is 2.36 bits per heavy atom. The van der Waals surface area contributed by atoms with Crippen LogP contribution in [0.25, 0.3) is 0 Å². The quantitative estimate of drug-likeness (QED) is 0.724. The molecule has 0 spiro atoms. The van der Waals surface area contributed by atoms with Crippen molar-refractivity contribution < 1.29 is 9.53 Å². The van der Waals surface area contributed by atoms with Crippen LogP contribution < -0.4 is 0 Å². The van der Waals surface area contributed by atoms with Crippen LogP contribution in [0.4, 0.5) is 0 Å². The average Bonchev–Trinajstić information content (AvgIpc) is 2.63.